The van der Waals surface area contributed by atoms with Crippen LogP contribution in [0.3, 0.4) is 0 Å². The monoisotopic (exact) mass is 186 g/mol. The molecule has 4 heteroatoms. The fraction of sp³-hybridized carbons (Fsp3) is 0.889. The van der Waals surface area contributed by atoms with Gasteiger partial charge < -0.3 is 14.2 Å². The lowest BCUT2D eigenvalue weighted by atomic mass is 10.0. The molecule has 74 valence electrons. The Morgan fingerprint density at radius 3 is 2.69 bits per heavy atom. The third kappa shape index (κ3) is 1.34. The fourth-order valence-corrected chi connectivity index (χ4v) is 1.88. The Balaban J connectivity index is 1.99. The Morgan fingerprint density at radius 1 is 1.54 bits per heavy atom. The number of hydrogen-bond acceptors (Lipinski definition) is 4. The smallest absolute Gasteiger partial charge is 0.338 e. The molecule has 1 saturated carbocycles. The van der Waals surface area contributed by atoms with Gasteiger partial charge in [0.15, 0.2) is 6.10 Å². The maximum Gasteiger partial charge on any atom is 0.338 e. The summed E-state index contributed by atoms with van der Waals surface area (Å²) in [7, 11) is 3.01. The highest BCUT2D eigenvalue weighted by Crippen LogP contribution is 2.54. The van der Waals surface area contributed by atoms with Crippen molar-refractivity contribution in [3.8, 4) is 0 Å². The summed E-state index contributed by atoms with van der Waals surface area (Å²) in [4.78, 5) is 11.2. The molecule has 1 aliphatic heterocycles. The van der Waals surface area contributed by atoms with Crippen molar-refractivity contribution in [3.63, 3.8) is 0 Å². The Labute approximate surface area is 77.1 Å². The molecule has 2 rings (SSSR count). The van der Waals surface area contributed by atoms with Gasteiger partial charge in [-0.05, 0) is 18.8 Å². The summed E-state index contributed by atoms with van der Waals surface area (Å²) in [5.74, 6) is 0.223. The van der Waals surface area contributed by atoms with E-state index in [0.717, 1.165) is 12.8 Å². The molecule has 0 aromatic rings. The zero-order valence-electron chi connectivity index (χ0n) is 7.91. The average Bonchev–Trinajstić information content (AvgIpc) is 2.96. The first kappa shape index (κ1) is 8.97. The zero-order chi connectivity index (χ0) is 9.47. The number of esters is 1. The number of ether oxygens (including phenoxy) is 3. The van der Waals surface area contributed by atoms with Crippen LogP contribution in [0.4, 0.5) is 0 Å². The van der Waals surface area contributed by atoms with Crippen LogP contribution in [0, 0.1) is 5.92 Å². The molecule has 13 heavy (non-hydrogen) atoms. The summed E-state index contributed by atoms with van der Waals surface area (Å²) in [6.45, 7) is 0.497. The summed E-state index contributed by atoms with van der Waals surface area (Å²) >= 11 is 0. The molecular formula is C9H14O4. The highest BCUT2D eigenvalue weighted by Gasteiger charge is 2.68. The van der Waals surface area contributed by atoms with Crippen LogP contribution < -0.4 is 0 Å². The Hall–Kier alpha value is -0.610. The van der Waals surface area contributed by atoms with Crippen molar-refractivity contribution in [2.75, 3.05) is 20.8 Å². The van der Waals surface area contributed by atoms with E-state index in [1.807, 2.05) is 0 Å². The maximum absolute atomic E-state index is 11.2. The van der Waals surface area contributed by atoms with Crippen LogP contribution in [0.5, 0.6) is 0 Å². The molecule has 0 bridgehead atoms. The molecule has 2 fully saturated rings. The number of hydrogen-bond donors (Lipinski definition) is 0. The van der Waals surface area contributed by atoms with Crippen LogP contribution in [-0.4, -0.2) is 38.5 Å². The molecule has 0 N–H and O–H groups in total. The van der Waals surface area contributed by atoms with E-state index in [0.29, 0.717) is 12.5 Å². The highest BCUT2D eigenvalue weighted by atomic mass is 16.7. The van der Waals surface area contributed by atoms with Crippen molar-refractivity contribution in [1.29, 1.82) is 0 Å². The molecule has 4 nitrogen and oxygen atoms in total. The van der Waals surface area contributed by atoms with E-state index in [9.17, 15) is 4.79 Å². The van der Waals surface area contributed by atoms with Gasteiger partial charge in [0.1, 0.15) is 5.60 Å². The molecule has 0 aromatic carbocycles. The van der Waals surface area contributed by atoms with Crippen LogP contribution in [0.2, 0.25) is 0 Å². The standard InChI is InChI=1S/C9H14O4/c1-11-5-9(6-3-4-6)7(13-9)8(10)12-2/h6-7H,3-5H2,1-2H3. The Morgan fingerprint density at radius 2 is 2.23 bits per heavy atom. The predicted molar refractivity (Wildman–Crippen MR) is 44.2 cm³/mol. The van der Waals surface area contributed by atoms with Gasteiger partial charge >= 0.3 is 5.97 Å². The van der Waals surface area contributed by atoms with Gasteiger partial charge in [-0.1, -0.05) is 0 Å². The molecule has 2 atom stereocenters. The first-order chi connectivity index (χ1) is 6.24. The highest BCUT2D eigenvalue weighted by molar-refractivity contribution is 5.79. The molecule has 1 heterocycles. The second-order valence-electron chi connectivity index (χ2n) is 3.68. The van der Waals surface area contributed by atoms with Gasteiger partial charge in [-0.2, -0.15) is 0 Å². The van der Waals surface area contributed by atoms with Crippen LogP contribution in [-0.2, 0) is 19.0 Å². The third-order valence-electron chi connectivity index (χ3n) is 2.78. The van der Waals surface area contributed by atoms with E-state index in [4.69, 9.17) is 9.47 Å². The van der Waals surface area contributed by atoms with E-state index < -0.39 is 0 Å². The van der Waals surface area contributed by atoms with E-state index in [2.05, 4.69) is 4.74 Å². The molecule has 0 spiro atoms. The Kier molecular flexibility index (Phi) is 2.04. The van der Waals surface area contributed by atoms with Gasteiger partial charge in [0.05, 0.1) is 13.7 Å². The average molecular weight is 186 g/mol. The molecule has 1 saturated heterocycles. The maximum atomic E-state index is 11.2. The summed E-state index contributed by atoms with van der Waals surface area (Å²) in [6.07, 6.45) is 1.89. The second kappa shape index (κ2) is 2.96. The first-order valence-electron chi connectivity index (χ1n) is 4.49. The van der Waals surface area contributed by atoms with E-state index in [1.54, 1.807) is 7.11 Å². The van der Waals surface area contributed by atoms with Crippen molar-refractivity contribution in [2.24, 2.45) is 5.92 Å². The van der Waals surface area contributed by atoms with Crippen molar-refractivity contribution in [2.45, 2.75) is 24.5 Å². The third-order valence-corrected chi connectivity index (χ3v) is 2.78. The molecule has 0 aromatic heterocycles. The van der Waals surface area contributed by atoms with Gasteiger partial charge in [0.25, 0.3) is 0 Å². The first-order valence-corrected chi connectivity index (χ1v) is 4.49. The number of carbonyl (C=O) groups is 1. The minimum atomic E-state index is -0.384. The van der Waals surface area contributed by atoms with E-state index in [-0.39, 0.29) is 17.7 Å². The van der Waals surface area contributed by atoms with Gasteiger partial charge in [-0.25, -0.2) is 4.79 Å². The molecular weight excluding hydrogens is 172 g/mol. The van der Waals surface area contributed by atoms with Gasteiger partial charge in [0, 0.05) is 7.11 Å². The van der Waals surface area contributed by atoms with Crippen LogP contribution >= 0.6 is 0 Å². The molecule has 0 radical (unpaired) electrons. The topological polar surface area (TPSA) is 48.1 Å². The lowest BCUT2D eigenvalue weighted by Crippen LogP contribution is -2.28. The minimum absolute atomic E-state index is 0.274. The number of carbonyl (C=O) groups excluding carboxylic acids is 1. The largest absolute Gasteiger partial charge is 0.467 e. The fourth-order valence-electron chi connectivity index (χ4n) is 1.88. The molecule has 2 aliphatic rings. The molecule has 0 amide bonds. The quantitative estimate of drug-likeness (QED) is 0.469. The Bertz CT molecular complexity index is 224. The van der Waals surface area contributed by atoms with Crippen LogP contribution in [0.25, 0.3) is 0 Å². The number of rotatable bonds is 4. The van der Waals surface area contributed by atoms with Crippen LogP contribution in [0.15, 0.2) is 0 Å². The number of epoxide rings is 1. The van der Waals surface area contributed by atoms with E-state index in [1.165, 1.54) is 7.11 Å². The summed E-state index contributed by atoms with van der Waals surface area (Å²) in [5.41, 5.74) is -0.345. The summed E-state index contributed by atoms with van der Waals surface area (Å²) in [5, 5.41) is 0. The van der Waals surface area contributed by atoms with E-state index >= 15 is 0 Å². The van der Waals surface area contributed by atoms with Crippen molar-refractivity contribution in [1.82, 2.24) is 0 Å². The lowest BCUT2D eigenvalue weighted by Gasteiger charge is -2.08. The van der Waals surface area contributed by atoms with Crippen molar-refractivity contribution < 1.29 is 19.0 Å². The normalized spacial score (nSPS) is 37.2. The summed E-state index contributed by atoms with van der Waals surface area (Å²) < 4.78 is 15.1. The van der Waals surface area contributed by atoms with Gasteiger partial charge in [0.2, 0.25) is 0 Å². The minimum Gasteiger partial charge on any atom is -0.467 e. The van der Waals surface area contributed by atoms with Gasteiger partial charge in [-0.15, -0.1) is 0 Å². The number of methoxy groups -OCH3 is 2. The molecule has 1 aliphatic carbocycles. The predicted octanol–water partition coefficient (Wildman–Crippen LogP) is 0.353. The van der Waals surface area contributed by atoms with Crippen molar-refractivity contribution >= 4 is 5.97 Å². The SMILES string of the molecule is COCC1(C2CC2)OC1C(=O)OC. The van der Waals surface area contributed by atoms with Crippen molar-refractivity contribution in [3.05, 3.63) is 0 Å². The zero-order valence-corrected chi connectivity index (χ0v) is 7.91. The van der Waals surface area contributed by atoms with Gasteiger partial charge in [-0.3, -0.25) is 0 Å². The lowest BCUT2D eigenvalue weighted by molar-refractivity contribution is -0.142. The summed E-state index contributed by atoms with van der Waals surface area (Å²) in [6, 6.07) is 0. The second-order valence-corrected chi connectivity index (χ2v) is 3.68. The molecule has 2 unspecified atom stereocenters. The van der Waals surface area contributed by atoms with Crippen LogP contribution in [0.1, 0.15) is 12.8 Å².